The summed E-state index contributed by atoms with van der Waals surface area (Å²) in [6.07, 6.45) is 1.88. The molecule has 0 aliphatic rings. The van der Waals surface area contributed by atoms with Crippen molar-refractivity contribution in [1.82, 2.24) is 0 Å². The molecule has 21 heavy (non-hydrogen) atoms. The Labute approximate surface area is 117 Å². The first-order valence-corrected chi connectivity index (χ1v) is 5.80. The van der Waals surface area contributed by atoms with Gasteiger partial charge in [-0.1, -0.05) is 12.1 Å². The number of hydrogen-bond acceptors (Lipinski definition) is 2. The molecule has 0 atom stereocenters. The summed E-state index contributed by atoms with van der Waals surface area (Å²) < 4.78 is 45.4. The number of rotatable bonds is 4. The summed E-state index contributed by atoms with van der Waals surface area (Å²) >= 11 is 0. The Morgan fingerprint density at radius 3 is 2.57 bits per heavy atom. The molecule has 108 valence electrons. The molecule has 0 amide bonds. The highest BCUT2D eigenvalue weighted by molar-refractivity contribution is 5.85. The first-order chi connectivity index (χ1) is 9.97. The van der Waals surface area contributed by atoms with Gasteiger partial charge in [-0.3, -0.25) is 0 Å². The van der Waals surface area contributed by atoms with Gasteiger partial charge in [0.25, 0.3) is 0 Å². The number of halogens is 3. The molecule has 0 spiro atoms. The van der Waals surface area contributed by atoms with Gasteiger partial charge in [-0.2, -0.15) is 0 Å². The summed E-state index contributed by atoms with van der Waals surface area (Å²) in [5, 5.41) is 8.57. The second-order valence-corrected chi connectivity index (χ2v) is 4.01. The zero-order valence-electron chi connectivity index (χ0n) is 10.5. The molecule has 3 nitrogen and oxygen atoms in total. The van der Waals surface area contributed by atoms with Crippen LogP contribution in [0, 0.1) is 17.5 Å². The van der Waals surface area contributed by atoms with Gasteiger partial charge in [0.15, 0.2) is 23.1 Å². The minimum absolute atomic E-state index is 0.0843. The molecule has 0 heterocycles. The van der Waals surface area contributed by atoms with Crippen LogP contribution in [-0.4, -0.2) is 11.1 Å². The highest BCUT2D eigenvalue weighted by Gasteiger charge is 2.13. The largest absolute Gasteiger partial charge is 0.478 e. The highest BCUT2D eigenvalue weighted by atomic mass is 19.1. The molecule has 6 heteroatoms. The molecule has 0 aromatic heterocycles. The van der Waals surface area contributed by atoms with Crippen LogP contribution >= 0.6 is 0 Å². The summed E-state index contributed by atoms with van der Waals surface area (Å²) in [6, 6.07) is 6.30. The SMILES string of the molecule is O=C(O)/C=C/c1cccc(F)c1Oc1cc(F)ccc1F. The van der Waals surface area contributed by atoms with Crippen molar-refractivity contribution in [2.45, 2.75) is 0 Å². The minimum Gasteiger partial charge on any atom is -0.478 e. The van der Waals surface area contributed by atoms with Crippen LogP contribution in [0.25, 0.3) is 6.08 Å². The molecule has 2 aromatic rings. The molecule has 1 N–H and O–H groups in total. The van der Waals surface area contributed by atoms with Crippen LogP contribution in [0.15, 0.2) is 42.5 Å². The Hall–Kier alpha value is -2.76. The van der Waals surface area contributed by atoms with E-state index in [1.54, 1.807) is 0 Å². The van der Waals surface area contributed by atoms with Crippen LogP contribution in [0.2, 0.25) is 0 Å². The molecular formula is C15H9F3O3. The number of carboxylic acids is 1. The number of hydrogen-bond donors (Lipinski definition) is 1. The Balaban J connectivity index is 2.43. The van der Waals surface area contributed by atoms with Crippen LogP contribution < -0.4 is 4.74 Å². The van der Waals surface area contributed by atoms with Gasteiger partial charge in [-0.25, -0.2) is 18.0 Å². The molecular weight excluding hydrogens is 285 g/mol. The Bertz CT molecular complexity index is 711. The molecule has 2 rings (SSSR count). The molecule has 2 aromatic carbocycles. The quantitative estimate of drug-likeness (QED) is 0.867. The lowest BCUT2D eigenvalue weighted by Crippen LogP contribution is -1.95. The maximum absolute atomic E-state index is 13.8. The lowest BCUT2D eigenvalue weighted by Gasteiger charge is -2.10. The summed E-state index contributed by atoms with van der Waals surface area (Å²) in [7, 11) is 0. The van der Waals surface area contributed by atoms with Crippen molar-refractivity contribution in [3.05, 3.63) is 65.5 Å². The van der Waals surface area contributed by atoms with E-state index in [9.17, 15) is 18.0 Å². The van der Waals surface area contributed by atoms with Gasteiger partial charge >= 0.3 is 5.97 Å². The average molecular weight is 294 g/mol. The second-order valence-electron chi connectivity index (χ2n) is 4.01. The number of aliphatic carboxylic acids is 1. The van der Waals surface area contributed by atoms with Crippen molar-refractivity contribution in [2.75, 3.05) is 0 Å². The van der Waals surface area contributed by atoms with E-state index in [1.807, 2.05) is 0 Å². The van der Waals surface area contributed by atoms with Crippen molar-refractivity contribution >= 4 is 12.0 Å². The third kappa shape index (κ3) is 3.62. The number of para-hydroxylation sites is 1. The first-order valence-electron chi connectivity index (χ1n) is 5.80. The molecule has 0 saturated heterocycles. The van der Waals surface area contributed by atoms with E-state index < -0.39 is 29.2 Å². The Morgan fingerprint density at radius 1 is 1.10 bits per heavy atom. The third-order valence-corrected chi connectivity index (χ3v) is 2.51. The fourth-order valence-corrected chi connectivity index (χ4v) is 1.59. The molecule has 0 saturated carbocycles. The van der Waals surface area contributed by atoms with Crippen molar-refractivity contribution in [3.63, 3.8) is 0 Å². The highest BCUT2D eigenvalue weighted by Crippen LogP contribution is 2.31. The lowest BCUT2D eigenvalue weighted by atomic mass is 10.1. The van der Waals surface area contributed by atoms with Crippen LogP contribution in [0.5, 0.6) is 11.5 Å². The fraction of sp³-hybridized carbons (Fsp3) is 0. The number of ether oxygens (including phenoxy) is 1. The fourth-order valence-electron chi connectivity index (χ4n) is 1.59. The zero-order chi connectivity index (χ0) is 15.4. The van der Waals surface area contributed by atoms with Crippen LogP contribution in [0.1, 0.15) is 5.56 Å². The first kappa shape index (κ1) is 14.6. The smallest absolute Gasteiger partial charge is 0.328 e. The van der Waals surface area contributed by atoms with Crippen molar-refractivity contribution in [2.24, 2.45) is 0 Å². The van der Waals surface area contributed by atoms with Gasteiger partial charge in [0.1, 0.15) is 5.82 Å². The predicted molar refractivity (Wildman–Crippen MR) is 69.5 cm³/mol. The van der Waals surface area contributed by atoms with Gasteiger partial charge in [0.05, 0.1) is 0 Å². The van der Waals surface area contributed by atoms with Crippen molar-refractivity contribution in [3.8, 4) is 11.5 Å². The number of carbonyl (C=O) groups is 1. The zero-order valence-corrected chi connectivity index (χ0v) is 10.5. The Kier molecular flexibility index (Phi) is 4.27. The summed E-state index contributed by atoms with van der Waals surface area (Å²) in [5.74, 6) is -4.56. The second kappa shape index (κ2) is 6.13. The van der Waals surface area contributed by atoms with Crippen LogP contribution in [0.4, 0.5) is 13.2 Å². The third-order valence-electron chi connectivity index (χ3n) is 2.51. The molecule has 0 aliphatic carbocycles. The maximum atomic E-state index is 13.8. The number of benzene rings is 2. The van der Waals surface area contributed by atoms with Gasteiger partial charge < -0.3 is 9.84 Å². The van der Waals surface area contributed by atoms with Crippen molar-refractivity contribution < 1.29 is 27.8 Å². The van der Waals surface area contributed by atoms with E-state index in [1.165, 1.54) is 12.1 Å². The van der Waals surface area contributed by atoms with Gasteiger partial charge in [0, 0.05) is 17.7 Å². The van der Waals surface area contributed by atoms with Gasteiger partial charge in [-0.05, 0) is 24.3 Å². The predicted octanol–water partition coefficient (Wildman–Crippen LogP) is 3.99. The van der Waals surface area contributed by atoms with E-state index in [-0.39, 0.29) is 11.3 Å². The topological polar surface area (TPSA) is 46.5 Å². The average Bonchev–Trinajstić information content (AvgIpc) is 2.43. The van der Waals surface area contributed by atoms with Gasteiger partial charge in [0.2, 0.25) is 0 Å². The van der Waals surface area contributed by atoms with E-state index in [0.717, 1.165) is 36.4 Å². The monoisotopic (exact) mass is 294 g/mol. The molecule has 0 radical (unpaired) electrons. The maximum Gasteiger partial charge on any atom is 0.328 e. The summed E-state index contributed by atoms with van der Waals surface area (Å²) in [4.78, 5) is 10.5. The van der Waals surface area contributed by atoms with E-state index in [2.05, 4.69) is 0 Å². The normalized spacial score (nSPS) is 10.8. The van der Waals surface area contributed by atoms with E-state index in [0.29, 0.717) is 0 Å². The van der Waals surface area contributed by atoms with Crippen LogP contribution in [0.3, 0.4) is 0 Å². The molecule has 0 unspecified atom stereocenters. The summed E-state index contributed by atoms with van der Waals surface area (Å²) in [6.45, 7) is 0. The minimum atomic E-state index is -1.23. The molecule has 0 bridgehead atoms. The standard InChI is InChI=1S/C15H9F3O3/c16-10-5-6-11(17)13(8-10)21-15-9(4-7-14(19)20)2-1-3-12(15)18/h1-8H,(H,19,20)/b7-4+. The van der Waals surface area contributed by atoms with Crippen LogP contribution in [-0.2, 0) is 4.79 Å². The number of carboxylic acid groups (broad SMARTS) is 1. The molecule has 0 fully saturated rings. The summed E-state index contributed by atoms with van der Waals surface area (Å²) in [5.41, 5.74) is 0.0843. The van der Waals surface area contributed by atoms with E-state index >= 15 is 0 Å². The van der Waals surface area contributed by atoms with Crippen molar-refractivity contribution in [1.29, 1.82) is 0 Å². The Morgan fingerprint density at radius 2 is 1.86 bits per heavy atom. The molecule has 0 aliphatic heterocycles. The van der Waals surface area contributed by atoms with Gasteiger partial charge in [-0.15, -0.1) is 0 Å². The van der Waals surface area contributed by atoms with E-state index in [4.69, 9.17) is 9.84 Å². The lowest BCUT2D eigenvalue weighted by molar-refractivity contribution is -0.131.